The van der Waals surface area contributed by atoms with Gasteiger partial charge in [-0.05, 0) is 49.7 Å². The molecule has 1 aliphatic rings. The third-order valence-electron chi connectivity index (χ3n) is 5.07. The number of hydrogen-bond donors (Lipinski definition) is 3. The molecular weight excluding hydrogens is 346 g/mol. The van der Waals surface area contributed by atoms with Crippen molar-refractivity contribution in [2.75, 3.05) is 52.4 Å². The van der Waals surface area contributed by atoms with E-state index in [0.29, 0.717) is 12.6 Å². The summed E-state index contributed by atoms with van der Waals surface area (Å²) in [4.78, 5) is 9.63. The van der Waals surface area contributed by atoms with E-state index >= 15 is 0 Å². The van der Waals surface area contributed by atoms with Crippen LogP contribution < -0.4 is 10.6 Å². The van der Waals surface area contributed by atoms with Crippen molar-refractivity contribution in [3.05, 3.63) is 22.4 Å². The van der Waals surface area contributed by atoms with E-state index in [0.717, 1.165) is 57.3 Å². The molecule has 148 valence electrons. The number of nitrogens with one attached hydrogen (secondary N) is 2. The van der Waals surface area contributed by atoms with Crippen molar-refractivity contribution in [3.8, 4) is 0 Å². The fraction of sp³-hybridized carbons (Fsp3) is 0.737. The normalized spacial score (nSPS) is 20.6. The highest BCUT2D eigenvalue weighted by molar-refractivity contribution is 7.08. The fourth-order valence-corrected chi connectivity index (χ4v) is 3.91. The second-order valence-corrected chi connectivity index (χ2v) is 7.96. The van der Waals surface area contributed by atoms with Gasteiger partial charge in [-0.1, -0.05) is 6.92 Å². The van der Waals surface area contributed by atoms with E-state index in [2.05, 4.69) is 46.2 Å². The number of nitrogens with zero attached hydrogens (tertiary/aromatic N) is 3. The van der Waals surface area contributed by atoms with E-state index in [1.165, 1.54) is 0 Å². The maximum absolute atomic E-state index is 10.7. The molecule has 7 heteroatoms. The van der Waals surface area contributed by atoms with E-state index in [1.807, 2.05) is 23.8 Å². The van der Waals surface area contributed by atoms with Crippen molar-refractivity contribution in [2.24, 2.45) is 4.99 Å². The fourth-order valence-electron chi connectivity index (χ4n) is 3.13. The minimum atomic E-state index is -0.940. The molecule has 2 atom stereocenters. The first-order valence-electron chi connectivity index (χ1n) is 9.70. The van der Waals surface area contributed by atoms with Gasteiger partial charge in [-0.3, -0.25) is 4.90 Å². The van der Waals surface area contributed by atoms with Crippen LogP contribution in [0.4, 0.5) is 0 Å². The molecule has 1 aromatic heterocycles. The van der Waals surface area contributed by atoms with Gasteiger partial charge in [0.25, 0.3) is 0 Å². The average molecular weight is 382 g/mol. The van der Waals surface area contributed by atoms with Gasteiger partial charge in [0.1, 0.15) is 5.60 Å². The maximum atomic E-state index is 10.7. The van der Waals surface area contributed by atoms with E-state index in [-0.39, 0.29) is 0 Å². The van der Waals surface area contributed by atoms with Crippen molar-refractivity contribution < 1.29 is 5.11 Å². The third kappa shape index (κ3) is 6.23. The van der Waals surface area contributed by atoms with E-state index in [4.69, 9.17) is 0 Å². The van der Waals surface area contributed by atoms with Crippen LogP contribution in [0, 0.1) is 0 Å². The number of rotatable bonds is 8. The molecule has 0 radical (unpaired) electrons. The molecule has 0 bridgehead atoms. The first kappa shape index (κ1) is 21.2. The summed E-state index contributed by atoms with van der Waals surface area (Å²) < 4.78 is 0. The zero-order valence-corrected chi connectivity index (χ0v) is 17.5. The van der Waals surface area contributed by atoms with E-state index in [1.54, 1.807) is 11.3 Å². The van der Waals surface area contributed by atoms with Gasteiger partial charge in [-0.15, -0.1) is 0 Å². The smallest absolute Gasteiger partial charge is 0.191 e. The second-order valence-electron chi connectivity index (χ2n) is 7.18. The summed E-state index contributed by atoms with van der Waals surface area (Å²) in [6.07, 6.45) is 0. The summed E-state index contributed by atoms with van der Waals surface area (Å²) in [7, 11) is 0. The highest BCUT2D eigenvalue weighted by Gasteiger charge is 2.24. The molecule has 2 rings (SSSR count). The van der Waals surface area contributed by atoms with Crippen molar-refractivity contribution in [1.82, 2.24) is 20.4 Å². The number of aliphatic hydroxyl groups is 1. The first-order valence-corrected chi connectivity index (χ1v) is 10.6. The molecule has 1 aliphatic heterocycles. The van der Waals surface area contributed by atoms with E-state index < -0.39 is 5.60 Å². The van der Waals surface area contributed by atoms with Gasteiger partial charge in [0.05, 0.1) is 6.54 Å². The molecule has 1 fully saturated rings. The number of thiophene rings is 1. The summed E-state index contributed by atoms with van der Waals surface area (Å²) in [5.74, 6) is 0.766. The van der Waals surface area contributed by atoms with Crippen LogP contribution in [0.3, 0.4) is 0 Å². The van der Waals surface area contributed by atoms with Crippen LogP contribution in [-0.4, -0.2) is 79.3 Å². The van der Waals surface area contributed by atoms with Crippen molar-refractivity contribution in [3.63, 3.8) is 0 Å². The lowest BCUT2D eigenvalue weighted by molar-refractivity contribution is 0.0677. The summed E-state index contributed by atoms with van der Waals surface area (Å²) >= 11 is 1.59. The Hall–Kier alpha value is -1.15. The summed E-state index contributed by atoms with van der Waals surface area (Å²) in [6.45, 7) is 16.0. The molecule has 3 N–H and O–H groups in total. The SMILES string of the molecule is CCNC(=NCC(C)(O)c1ccsc1)NCC(C)N1CCN(CC)CC1. The number of likely N-dealkylation sites (N-methyl/N-ethyl adjacent to an activating group) is 1. The highest BCUT2D eigenvalue weighted by atomic mass is 32.1. The molecule has 6 nitrogen and oxygen atoms in total. The minimum absolute atomic E-state index is 0.336. The molecule has 0 saturated carbocycles. The standard InChI is InChI=1S/C19H35N5OS/c1-5-20-18(22-15-19(4,25)17-7-12-26-14-17)21-13-16(3)24-10-8-23(6-2)9-11-24/h7,12,14,16,25H,5-6,8-11,13,15H2,1-4H3,(H2,20,21,22). The number of hydrogen-bond acceptors (Lipinski definition) is 5. The summed E-state index contributed by atoms with van der Waals surface area (Å²) in [6, 6.07) is 2.41. The Kier molecular flexibility index (Phi) is 8.34. The zero-order valence-electron chi connectivity index (χ0n) is 16.7. The van der Waals surface area contributed by atoms with Crippen LogP contribution in [0.5, 0.6) is 0 Å². The van der Waals surface area contributed by atoms with Gasteiger partial charge in [0.2, 0.25) is 0 Å². The summed E-state index contributed by atoms with van der Waals surface area (Å²) in [5, 5.41) is 21.3. The van der Waals surface area contributed by atoms with Crippen LogP contribution in [0.15, 0.2) is 21.8 Å². The van der Waals surface area contributed by atoms with Gasteiger partial charge in [-0.25, -0.2) is 4.99 Å². The number of guanidine groups is 1. The lowest BCUT2D eigenvalue weighted by Crippen LogP contribution is -2.53. The largest absolute Gasteiger partial charge is 0.383 e. The van der Waals surface area contributed by atoms with Gasteiger partial charge in [0, 0.05) is 45.3 Å². The Morgan fingerprint density at radius 2 is 2.04 bits per heavy atom. The molecule has 2 unspecified atom stereocenters. The lowest BCUT2D eigenvalue weighted by atomic mass is 10.00. The molecule has 0 aromatic carbocycles. The monoisotopic (exact) mass is 381 g/mol. The molecular formula is C19H35N5OS. The van der Waals surface area contributed by atoms with Gasteiger partial charge in [-0.2, -0.15) is 11.3 Å². The minimum Gasteiger partial charge on any atom is -0.383 e. The molecule has 0 amide bonds. The summed E-state index contributed by atoms with van der Waals surface area (Å²) in [5.41, 5.74) is -0.0194. The molecule has 1 saturated heterocycles. The Balaban J connectivity index is 1.85. The zero-order chi connectivity index (χ0) is 19.0. The molecule has 0 aliphatic carbocycles. The van der Waals surface area contributed by atoms with Crippen molar-refractivity contribution in [2.45, 2.75) is 39.3 Å². The first-order chi connectivity index (χ1) is 12.5. The molecule has 1 aromatic rings. The van der Waals surface area contributed by atoms with Crippen LogP contribution in [-0.2, 0) is 5.60 Å². The Bertz CT molecular complexity index is 538. The predicted octanol–water partition coefficient (Wildman–Crippen LogP) is 1.54. The Morgan fingerprint density at radius 3 is 2.62 bits per heavy atom. The molecule has 2 heterocycles. The third-order valence-corrected chi connectivity index (χ3v) is 5.76. The quantitative estimate of drug-likeness (QED) is 0.471. The highest BCUT2D eigenvalue weighted by Crippen LogP contribution is 2.23. The second kappa shape index (κ2) is 10.3. The van der Waals surface area contributed by atoms with Crippen LogP contribution in [0.1, 0.15) is 33.3 Å². The van der Waals surface area contributed by atoms with Crippen LogP contribution in [0.25, 0.3) is 0 Å². The van der Waals surface area contributed by atoms with Gasteiger partial charge in [0.15, 0.2) is 5.96 Å². The van der Waals surface area contributed by atoms with E-state index in [9.17, 15) is 5.11 Å². The average Bonchev–Trinajstić information content (AvgIpc) is 3.19. The Labute approximate surface area is 162 Å². The van der Waals surface area contributed by atoms with Crippen molar-refractivity contribution >= 4 is 17.3 Å². The number of aliphatic imine (C=N–C) groups is 1. The maximum Gasteiger partial charge on any atom is 0.191 e. The Morgan fingerprint density at radius 1 is 1.31 bits per heavy atom. The lowest BCUT2D eigenvalue weighted by Gasteiger charge is -2.37. The van der Waals surface area contributed by atoms with Gasteiger partial charge < -0.3 is 20.6 Å². The molecule has 0 spiro atoms. The molecule has 26 heavy (non-hydrogen) atoms. The number of piperazine rings is 1. The van der Waals surface area contributed by atoms with Crippen molar-refractivity contribution in [1.29, 1.82) is 0 Å². The van der Waals surface area contributed by atoms with Crippen LogP contribution >= 0.6 is 11.3 Å². The predicted molar refractivity (Wildman–Crippen MR) is 111 cm³/mol. The van der Waals surface area contributed by atoms with Gasteiger partial charge >= 0.3 is 0 Å². The topological polar surface area (TPSA) is 63.1 Å². The van der Waals surface area contributed by atoms with Crippen LogP contribution in [0.2, 0.25) is 0 Å².